The number of nitrogens with zero attached hydrogens (tertiary/aromatic N) is 4. The second kappa shape index (κ2) is 14.4. The third-order valence-corrected chi connectivity index (χ3v) is 7.02. The van der Waals surface area contributed by atoms with Crippen molar-refractivity contribution in [3.63, 3.8) is 0 Å². The molecule has 1 aliphatic rings. The van der Waals surface area contributed by atoms with Crippen LogP contribution < -0.4 is 108 Å². The van der Waals surface area contributed by atoms with E-state index >= 15 is 0 Å². The van der Waals surface area contributed by atoms with Crippen LogP contribution in [0.15, 0.2) is 87.3 Å². The monoisotopic (exact) mass is 664 g/mol. The Bertz CT molecular complexity index is 1870. The van der Waals surface area contributed by atoms with Crippen LogP contribution in [0.4, 0.5) is 5.69 Å². The molecule has 1 aromatic heterocycles. The van der Waals surface area contributed by atoms with Gasteiger partial charge in [0.2, 0.25) is 0 Å². The summed E-state index contributed by atoms with van der Waals surface area (Å²) in [7, 11) is -9.45. The van der Waals surface area contributed by atoms with Crippen LogP contribution in [0.25, 0.3) is 11.8 Å². The molecule has 0 saturated heterocycles. The van der Waals surface area contributed by atoms with Gasteiger partial charge in [-0.15, -0.1) is 0 Å². The molecule has 15 nitrogen and oxygen atoms in total. The molecule has 0 spiro atoms. The first-order chi connectivity index (χ1) is 18.7. The Morgan fingerprint density at radius 1 is 0.810 bits per heavy atom. The molecular formula is C23H14K2N4O11S2. The number of carbonyl (C=O) groups is 3. The van der Waals surface area contributed by atoms with E-state index in [0.717, 1.165) is 47.2 Å². The molecule has 0 radical (unpaired) electrons. The minimum Gasteiger partial charge on any atom is -0.744 e. The average molecular weight is 665 g/mol. The average Bonchev–Trinajstić information content (AvgIpc) is 3.45. The largest absolute Gasteiger partial charge is 1.00 e. The molecule has 1 aliphatic heterocycles. The van der Waals surface area contributed by atoms with Gasteiger partial charge in [0.1, 0.15) is 20.2 Å². The van der Waals surface area contributed by atoms with Crippen LogP contribution in [0.1, 0.15) is 16.1 Å². The van der Waals surface area contributed by atoms with Gasteiger partial charge in [-0.2, -0.15) is 15.2 Å². The van der Waals surface area contributed by atoms with Crippen LogP contribution in [0.5, 0.6) is 0 Å². The summed E-state index contributed by atoms with van der Waals surface area (Å²) in [4.78, 5) is 35.2. The van der Waals surface area contributed by atoms with E-state index < -0.39 is 59.3 Å². The van der Waals surface area contributed by atoms with Gasteiger partial charge < -0.3 is 19.3 Å². The number of amides is 1. The second-order valence-electron chi connectivity index (χ2n) is 7.89. The smallest absolute Gasteiger partial charge is 0.744 e. The van der Waals surface area contributed by atoms with Crippen molar-refractivity contribution >= 4 is 55.6 Å². The van der Waals surface area contributed by atoms with E-state index in [-0.39, 0.29) is 125 Å². The molecule has 1 amide bonds. The standard InChI is InChI=1S/C23H16N4O11S2.2K/c28-21-18(20(23(31)32)25-27(21)15-6-10-17(11-7-15)40(36,37)38)3-1-2-13-12-26(24-19(13)22(29)30)14-4-8-16(9-5-14)39(33,34)35;;/h1-12H,(H,29,30)(H,31,32)(H,33,34,35)(H,36,37,38);;/q;2*+1/p-2/b2-1?,18-3-;;. The first kappa shape index (κ1) is 36.5. The summed E-state index contributed by atoms with van der Waals surface area (Å²) >= 11 is 0. The quantitative estimate of drug-likeness (QED) is 0.131. The van der Waals surface area contributed by atoms with E-state index in [1.54, 1.807) is 0 Å². The van der Waals surface area contributed by atoms with E-state index in [0.29, 0.717) is 5.01 Å². The molecule has 2 heterocycles. The van der Waals surface area contributed by atoms with Gasteiger partial charge in [-0.1, -0.05) is 12.2 Å². The van der Waals surface area contributed by atoms with Gasteiger partial charge in [0, 0.05) is 11.8 Å². The maximum atomic E-state index is 12.9. The molecule has 0 saturated carbocycles. The minimum absolute atomic E-state index is 0. The number of hydrogen-bond donors (Lipinski definition) is 2. The number of allylic oxidation sites excluding steroid dienone is 2. The van der Waals surface area contributed by atoms with Crippen molar-refractivity contribution in [3.05, 3.63) is 83.7 Å². The zero-order chi connectivity index (χ0) is 29.4. The van der Waals surface area contributed by atoms with Crippen LogP contribution >= 0.6 is 0 Å². The van der Waals surface area contributed by atoms with Crippen molar-refractivity contribution < 1.29 is 153 Å². The fourth-order valence-electron chi connectivity index (χ4n) is 3.47. The van der Waals surface area contributed by atoms with E-state index in [1.807, 2.05) is 0 Å². The van der Waals surface area contributed by atoms with Gasteiger partial charge in [-0.05, 0) is 54.6 Å². The minimum atomic E-state index is -4.75. The van der Waals surface area contributed by atoms with E-state index in [4.69, 9.17) is 0 Å². The Morgan fingerprint density at radius 3 is 1.76 bits per heavy atom. The molecule has 42 heavy (non-hydrogen) atoms. The van der Waals surface area contributed by atoms with Gasteiger partial charge in [0.25, 0.3) is 5.91 Å². The molecule has 19 heteroatoms. The van der Waals surface area contributed by atoms with Gasteiger partial charge in [0.15, 0.2) is 11.4 Å². The maximum Gasteiger partial charge on any atom is 1.00 e. The van der Waals surface area contributed by atoms with Crippen LogP contribution in [-0.4, -0.2) is 69.5 Å². The topological polar surface area (TPSA) is 239 Å². The van der Waals surface area contributed by atoms with Gasteiger partial charge in [-0.3, -0.25) is 4.79 Å². The molecule has 2 aromatic carbocycles. The van der Waals surface area contributed by atoms with Crippen LogP contribution in [0.2, 0.25) is 0 Å². The summed E-state index contributed by atoms with van der Waals surface area (Å²) in [5, 5.41) is 27.4. The Morgan fingerprint density at radius 2 is 1.31 bits per heavy atom. The van der Waals surface area contributed by atoms with Crippen molar-refractivity contribution in [2.75, 3.05) is 5.01 Å². The Balaban J connectivity index is 0.00000308. The SMILES string of the molecule is O=C(O)C1=NN(c2ccc(S(=O)(=O)[O-])cc2)C(=O)/C1=C\C=Cc1cn(-c2ccc(S(=O)(=O)[O-])cc2)nc1C(=O)O.[K+].[K+]. The zero-order valence-corrected chi connectivity index (χ0v) is 29.5. The Kier molecular flexibility index (Phi) is 12.5. The molecule has 4 rings (SSSR count). The summed E-state index contributed by atoms with van der Waals surface area (Å²) in [6.45, 7) is 0. The zero-order valence-electron chi connectivity index (χ0n) is 21.6. The second-order valence-corrected chi connectivity index (χ2v) is 10.6. The summed E-state index contributed by atoms with van der Waals surface area (Å²) in [6.07, 6.45) is 4.74. The number of aromatic nitrogens is 2. The number of aliphatic carboxylic acids is 1. The first-order valence-electron chi connectivity index (χ1n) is 10.7. The predicted octanol–water partition coefficient (Wildman–Crippen LogP) is -5.19. The normalized spacial score (nSPS) is 14.4. The van der Waals surface area contributed by atoms with Crippen molar-refractivity contribution in [2.24, 2.45) is 5.10 Å². The predicted molar refractivity (Wildman–Crippen MR) is 133 cm³/mol. The van der Waals surface area contributed by atoms with Crippen molar-refractivity contribution in [2.45, 2.75) is 9.79 Å². The maximum absolute atomic E-state index is 12.9. The summed E-state index contributed by atoms with van der Waals surface area (Å²) in [5.74, 6) is -3.89. The van der Waals surface area contributed by atoms with Crippen LogP contribution in [-0.2, 0) is 29.8 Å². The fraction of sp³-hybridized carbons (Fsp3) is 0. The number of aromatic carboxylic acids is 1. The van der Waals surface area contributed by atoms with E-state index in [1.165, 1.54) is 30.5 Å². The molecule has 0 fully saturated rings. The fourth-order valence-corrected chi connectivity index (χ4v) is 4.41. The van der Waals surface area contributed by atoms with Crippen molar-refractivity contribution in [1.29, 1.82) is 0 Å². The third kappa shape index (κ3) is 8.27. The Labute approximate surface area is 322 Å². The number of carboxylic acid groups (broad SMARTS) is 2. The molecule has 0 aliphatic carbocycles. The number of carboxylic acids is 2. The molecular weight excluding hydrogens is 651 g/mol. The molecule has 2 N–H and O–H groups in total. The number of rotatable bonds is 8. The molecule has 0 bridgehead atoms. The number of hydrogen-bond acceptors (Lipinski definition) is 11. The molecule has 3 aromatic rings. The van der Waals surface area contributed by atoms with E-state index in [2.05, 4.69) is 10.2 Å². The molecule has 206 valence electrons. The number of benzene rings is 2. The van der Waals surface area contributed by atoms with Gasteiger partial charge >= 0.3 is 115 Å². The summed E-state index contributed by atoms with van der Waals surface area (Å²) in [5.41, 5.74) is -1.24. The summed E-state index contributed by atoms with van der Waals surface area (Å²) in [6, 6.07) is 8.57. The van der Waals surface area contributed by atoms with Gasteiger partial charge in [0.05, 0.1) is 26.7 Å². The third-order valence-electron chi connectivity index (χ3n) is 5.32. The number of anilines is 1. The van der Waals surface area contributed by atoms with Crippen LogP contribution in [0, 0.1) is 0 Å². The van der Waals surface area contributed by atoms with Gasteiger partial charge in [-0.25, -0.2) is 31.1 Å². The number of hydrazone groups is 1. The molecule has 0 atom stereocenters. The Hall–Kier alpha value is -1.70. The van der Waals surface area contributed by atoms with E-state index in [9.17, 15) is 50.5 Å². The number of carbonyl (C=O) groups excluding carboxylic acids is 1. The molecule has 0 unspecified atom stereocenters. The van der Waals surface area contributed by atoms with Crippen LogP contribution in [0.3, 0.4) is 0 Å². The summed E-state index contributed by atoms with van der Waals surface area (Å²) < 4.78 is 67.8. The van der Waals surface area contributed by atoms with Crippen molar-refractivity contribution in [1.82, 2.24) is 9.78 Å². The van der Waals surface area contributed by atoms with Crippen molar-refractivity contribution in [3.8, 4) is 5.69 Å². The first-order valence-corrected chi connectivity index (χ1v) is 13.5.